The van der Waals surface area contributed by atoms with Crippen LogP contribution in [0.2, 0.25) is 0 Å². The van der Waals surface area contributed by atoms with Gasteiger partial charge in [-0.3, -0.25) is 4.79 Å². The van der Waals surface area contributed by atoms with E-state index in [9.17, 15) is 20.1 Å². The maximum Gasteiger partial charge on any atom is 0.325 e. The quantitative estimate of drug-likeness (QED) is 0.162. The van der Waals surface area contributed by atoms with Crippen LogP contribution in [0.5, 0.6) is 0 Å². The second kappa shape index (κ2) is 13.2. The summed E-state index contributed by atoms with van der Waals surface area (Å²) in [7, 11) is 1.61. The molecule has 29 heavy (non-hydrogen) atoms. The van der Waals surface area contributed by atoms with Gasteiger partial charge in [0.2, 0.25) is 0 Å². The van der Waals surface area contributed by atoms with Crippen molar-refractivity contribution in [1.82, 2.24) is 0 Å². The van der Waals surface area contributed by atoms with E-state index >= 15 is 0 Å². The van der Waals surface area contributed by atoms with E-state index in [1.165, 1.54) is 6.08 Å². The van der Waals surface area contributed by atoms with Crippen LogP contribution in [-0.4, -0.2) is 64.5 Å². The first-order valence-corrected chi connectivity index (χ1v) is 9.75. The normalized spacial score (nSPS) is 14.4. The van der Waals surface area contributed by atoms with Gasteiger partial charge in [0.15, 0.2) is 0 Å². The fraction of sp³-hybridized carbons (Fsp3) is 0.864. The Morgan fingerprint density at radius 2 is 1.45 bits per heavy atom. The molecular weight excluding hydrogens is 408 g/mol. The van der Waals surface area contributed by atoms with Gasteiger partial charge in [-0.25, -0.2) is 0 Å². The molecule has 0 saturated heterocycles. The second-order valence-electron chi connectivity index (χ2n) is 10.1. The van der Waals surface area contributed by atoms with Crippen LogP contribution < -0.4 is 0 Å². The molecule has 0 heterocycles. The SMILES string of the molecule is CC(O)C(C)(C)C(C)(C)O.COCCOCC(C)(C)/C(O)=C/C(=[OH+])C(C)(C)C.[Ti]. The molecule has 172 valence electrons. The van der Waals surface area contributed by atoms with Gasteiger partial charge in [0.1, 0.15) is 5.76 Å². The topological polar surface area (TPSA) is 101 Å². The van der Waals surface area contributed by atoms with Crippen molar-refractivity contribution in [2.45, 2.75) is 80.9 Å². The Balaban J connectivity index is -0.000000525. The molecule has 0 aliphatic rings. The first-order valence-electron chi connectivity index (χ1n) is 9.75. The minimum Gasteiger partial charge on any atom is -0.511 e. The molecule has 0 spiro atoms. The standard InChI is InChI=1S/C14H26O4.C8H18O2.Ti/c1-13(2,3)11(15)9-12(16)14(4,5)10-18-8-7-17-6;1-6(9)7(2,3)8(4,5)10;/h9,16H,7-8,10H2,1-6H3;6,9-10H,1-5H3;/p+1/b12-9-;;. The number of ketones is 1. The number of carbonyl (C=O) groups excluding carboxylic acids is 1. The van der Waals surface area contributed by atoms with Gasteiger partial charge >= 0.3 is 5.78 Å². The molecular formula is C22H45O6Ti+. The molecule has 0 fully saturated rings. The summed E-state index contributed by atoms with van der Waals surface area (Å²) in [5.41, 5.74) is -2.19. The molecule has 0 aliphatic carbocycles. The van der Waals surface area contributed by atoms with E-state index in [0.29, 0.717) is 19.8 Å². The zero-order chi connectivity index (χ0) is 23.0. The molecule has 4 N–H and O–H groups in total. The van der Waals surface area contributed by atoms with E-state index < -0.39 is 22.5 Å². The number of aliphatic hydroxyl groups is 3. The van der Waals surface area contributed by atoms with Gasteiger partial charge in [-0.2, -0.15) is 0 Å². The van der Waals surface area contributed by atoms with Crippen LogP contribution in [-0.2, 0) is 31.2 Å². The van der Waals surface area contributed by atoms with Crippen LogP contribution in [0.3, 0.4) is 0 Å². The summed E-state index contributed by atoms with van der Waals surface area (Å²) in [5, 5.41) is 28.8. The second-order valence-corrected chi connectivity index (χ2v) is 10.1. The van der Waals surface area contributed by atoms with Crippen LogP contribution in [0.25, 0.3) is 0 Å². The predicted octanol–water partition coefficient (Wildman–Crippen LogP) is 3.87. The number of aliphatic hydroxyl groups excluding tert-OH is 2. The first-order chi connectivity index (χ1) is 12.3. The Labute approximate surface area is 192 Å². The van der Waals surface area contributed by atoms with Crippen LogP contribution >= 0.6 is 0 Å². The number of allylic oxidation sites excluding steroid dienone is 1. The molecule has 0 aromatic carbocycles. The minimum absolute atomic E-state index is 0. The summed E-state index contributed by atoms with van der Waals surface area (Å²) in [6.07, 6.45) is 0.923. The third kappa shape index (κ3) is 12.9. The average molecular weight is 453 g/mol. The average Bonchev–Trinajstić information content (AvgIpc) is 2.50. The molecule has 0 aromatic rings. The summed E-state index contributed by atoms with van der Waals surface area (Å²) in [4.78, 5) is 9.85. The van der Waals surface area contributed by atoms with Crippen molar-refractivity contribution >= 4 is 5.78 Å². The summed E-state index contributed by atoms with van der Waals surface area (Å²) in [5.74, 6) is 0.275. The Kier molecular flexibility index (Phi) is 15.2. The molecule has 0 aliphatic heterocycles. The molecule has 0 rings (SSSR count). The third-order valence-electron chi connectivity index (χ3n) is 5.25. The number of methoxy groups -OCH3 is 1. The van der Waals surface area contributed by atoms with Gasteiger partial charge < -0.3 is 24.8 Å². The smallest absolute Gasteiger partial charge is 0.325 e. The van der Waals surface area contributed by atoms with Gasteiger partial charge in [-0.05, 0) is 41.5 Å². The van der Waals surface area contributed by atoms with Gasteiger partial charge in [0, 0.05) is 39.7 Å². The zero-order valence-corrected chi connectivity index (χ0v) is 21.9. The molecule has 1 atom stereocenters. The molecule has 0 amide bonds. The Morgan fingerprint density at radius 3 is 1.72 bits per heavy atom. The Morgan fingerprint density at radius 1 is 1.00 bits per heavy atom. The largest absolute Gasteiger partial charge is 0.511 e. The number of rotatable bonds is 9. The molecule has 0 radical (unpaired) electrons. The Bertz CT molecular complexity index is 496. The first kappa shape index (κ1) is 33.4. The monoisotopic (exact) mass is 453 g/mol. The van der Waals surface area contributed by atoms with Gasteiger partial charge in [0.05, 0.1) is 43.0 Å². The maximum atomic E-state index is 10.0. The molecule has 0 aromatic heterocycles. The fourth-order valence-corrected chi connectivity index (χ4v) is 1.60. The van der Waals surface area contributed by atoms with E-state index in [4.69, 9.17) is 9.47 Å². The zero-order valence-electron chi connectivity index (χ0n) is 20.4. The van der Waals surface area contributed by atoms with Gasteiger partial charge in [-0.1, -0.05) is 27.7 Å². The minimum atomic E-state index is -0.832. The van der Waals surface area contributed by atoms with Crippen LogP contribution in [0.1, 0.15) is 69.2 Å². The van der Waals surface area contributed by atoms with E-state index in [2.05, 4.69) is 0 Å². The Hall–Kier alpha value is -0.236. The van der Waals surface area contributed by atoms with Crippen LogP contribution in [0, 0.1) is 16.2 Å². The molecule has 6 nitrogen and oxygen atoms in total. The molecule has 1 unspecified atom stereocenters. The predicted molar refractivity (Wildman–Crippen MR) is 115 cm³/mol. The van der Waals surface area contributed by atoms with E-state index in [0.717, 1.165) is 0 Å². The van der Waals surface area contributed by atoms with Gasteiger partial charge in [0.25, 0.3) is 0 Å². The van der Waals surface area contributed by atoms with E-state index in [1.54, 1.807) is 27.9 Å². The van der Waals surface area contributed by atoms with Crippen molar-refractivity contribution in [1.29, 1.82) is 0 Å². The third-order valence-corrected chi connectivity index (χ3v) is 5.25. The van der Waals surface area contributed by atoms with Crippen molar-refractivity contribution in [3.63, 3.8) is 0 Å². The summed E-state index contributed by atoms with van der Waals surface area (Å²) in [6, 6.07) is 0. The number of hydrogen-bond donors (Lipinski definition) is 3. The van der Waals surface area contributed by atoms with Crippen LogP contribution in [0.15, 0.2) is 11.8 Å². The molecule has 0 bridgehead atoms. The van der Waals surface area contributed by atoms with Crippen molar-refractivity contribution < 1.29 is 51.3 Å². The summed E-state index contributed by atoms with van der Waals surface area (Å²) < 4.78 is 10.3. The molecule has 7 heteroatoms. The van der Waals surface area contributed by atoms with Gasteiger partial charge in [-0.15, -0.1) is 0 Å². The van der Waals surface area contributed by atoms with Crippen LogP contribution in [0.4, 0.5) is 0 Å². The number of hydrogen-bond acceptors (Lipinski definition) is 5. The summed E-state index contributed by atoms with van der Waals surface area (Å²) >= 11 is 0. The van der Waals surface area contributed by atoms with Crippen molar-refractivity contribution in [3.8, 4) is 0 Å². The molecule has 0 saturated carbocycles. The van der Waals surface area contributed by atoms with E-state index in [1.807, 2.05) is 48.5 Å². The maximum absolute atomic E-state index is 10.0. The van der Waals surface area contributed by atoms with Crippen molar-refractivity contribution in [2.24, 2.45) is 16.2 Å². The van der Waals surface area contributed by atoms with Crippen molar-refractivity contribution in [2.75, 3.05) is 26.9 Å². The van der Waals surface area contributed by atoms with E-state index in [-0.39, 0.29) is 38.7 Å². The summed E-state index contributed by atoms with van der Waals surface area (Å²) in [6.45, 7) is 19.6. The van der Waals surface area contributed by atoms with Crippen molar-refractivity contribution in [3.05, 3.63) is 11.8 Å². The number of ether oxygens (including phenoxy) is 2. The fourth-order valence-electron chi connectivity index (χ4n) is 1.60.